The topological polar surface area (TPSA) is 34.9 Å². The Bertz CT molecular complexity index is 1290. The Morgan fingerprint density at radius 2 is 1.76 bits per heavy atom. The highest BCUT2D eigenvalue weighted by molar-refractivity contribution is 5.85. The molecule has 1 unspecified atom stereocenters. The first-order valence-electron chi connectivity index (χ1n) is 12.0. The number of aromatic nitrogens is 2. The highest BCUT2D eigenvalue weighted by Crippen LogP contribution is 2.36. The molecule has 0 amide bonds. The molecule has 1 aliphatic rings. The third-order valence-corrected chi connectivity index (χ3v) is 7.10. The number of carbonyl (C=O) groups is 1. The number of carbonyl (C=O) groups excluding carboxylic acids is 1. The second kappa shape index (κ2) is 8.62. The van der Waals surface area contributed by atoms with E-state index in [0.717, 1.165) is 37.5 Å². The average Bonchev–Trinajstić information content (AvgIpc) is 3.18. The van der Waals surface area contributed by atoms with Crippen molar-refractivity contribution in [3.05, 3.63) is 100 Å². The first-order chi connectivity index (χ1) is 15.9. The summed E-state index contributed by atoms with van der Waals surface area (Å²) in [5.41, 5.74) is 7.16. The largest absolute Gasteiger partial charge is 0.296 e. The van der Waals surface area contributed by atoms with E-state index < -0.39 is 0 Å². The number of rotatable bonds is 5. The molecule has 0 radical (unpaired) electrons. The number of benzene rings is 3. The molecule has 3 heteroatoms. The molecule has 0 N–H and O–H groups in total. The van der Waals surface area contributed by atoms with E-state index in [1.54, 1.807) is 0 Å². The lowest BCUT2D eigenvalue weighted by Crippen LogP contribution is -2.18. The van der Waals surface area contributed by atoms with Gasteiger partial charge in [-0.2, -0.15) is 5.10 Å². The van der Waals surface area contributed by atoms with Crippen LogP contribution < -0.4 is 0 Å². The summed E-state index contributed by atoms with van der Waals surface area (Å²) in [6.45, 7) is 7.45. The number of hydrogen-bond donors (Lipinski definition) is 0. The van der Waals surface area contributed by atoms with Crippen molar-refractivity contribution in [2.45, 2.75) is 64.3 Å². The quantitative estimate of drug-likeness (QED) is 0.320. The molecule has 3 aromatic carbocycles. The van der Waals surface area contributed by atoms with Gasteiger partial charge < -0.3 is 0 Å². The summed E-state index contributed by atoms with van der Waals surface area (Å²) in [6, 6.07) is 24.0. The zero-order chi connectivity index (χ0) is 23.0. The van der Waals surface area contributed by atoms with Crippen molar-refractivity contribution >= 4 is 17.1 Å². The van der Waals surface area contributed by atoms with Gasteiger partial charge in [-0.1, -0.05) is 87.5 Å². The lowest BCUT2D eigenvalue weighted by atomic mass is 9.81. The minimum atomic E-state index is 0.159. The number of nitrogens with zero attached hydrogens (tertiary/aromatic N) is 2. The maximum atomic E-state index is 11.9. The number of hydrogen-bond acceptors (Lipinski definition) is 2. The van der Waals surface area contributed by atoms with Gasteiger partial charge in [-0.3, -0.25) is 9.48 Å². The van der Waals surface area contributed by atoms with Crippen LogP contribution in [0.25, 0.3) is 10.8 Å². The van der Waals surface area contributed by atoms with Crippen LogP contribution in [0.15, 0.2) is 66.7 Å². The van der Waals surface area contributed by atoms with Gasteiger partial charge in [0.1, 0.15) is 5.69 Å². The van der Waals surface area contributed by atoms with Gasteiger partial charge in [0, 0.05) is 17.2 Å². The molecular weight excluding hydrogens is 404 g/mol. The summed E-state index contributed by atoms with van der Waals surface area (Å²) in [4.78, 5) is 11.9. The number of fused-ring (bicyclic) bond motifs is 2. The van der Waals surface area contributed by atoms with E-state index in [9.17, 15) is 4.79 Å². The Kier molecular flexibility index (Phi) is 5.65. The standard InChI is InChI=1S/C30H32N2O/c1-30(2,3)25-16-14-21(15-17-25)18-23-10-7-13-27-28(20-33)31-32(29(23)27)19-24-11-6-9-22-8-4-5-12-26(22)24/h4-6,8-9,11-12,14-17,20,23H,7,10,13,18-19H2,1-3H3. The molecule has 0 saturated heterocycles. The van der Waals surface area contributed by atoms with E-state index in [-0.39, 0.29) is 5.41 Å². The first kappa shape index (κ1) is 21.6. The molecule has 1 heterocycles. The van der Waals surface area contributed by atoms with Crippen molar-refractivity contribution in [3.8, 4) is 0 Å². The summed E-state index contributed by atoms with van der Waals surface area (Å²) in [5.74, 6) is 0.380. The third kappa shape index (κ3) is 4.25. The summed E-state index contributed by atoms with van der Waals surface area (Å²) in [5, 5.41) is 7.29. The van der Waals surface area contributed by atoms with Crippen molar-refractivity contribution in [1.29, 1.82) is 0 Å². The molecule has 0 saturated carbocycles. The van der Waals surface area contributed by atoms with Crippen LogP contribution in [0.1, 0.15) is 78.0 Å². The predicted octanol–water partition coefficient (Wildman–Crippen LogP) is 6.86. The molecule has 3 nitrogen and oxygen atoms in total. The lowest BCUT2D eigenvalue weighted by molar-refractivity contribution is 0.111. The summed E-state index contributed by atoms with van der Waals surface area (Å²) < 4.78 is 2.12. The van der Waals surface area contributed by atoms with E-state index >= 15 is 0 Å². The van der Waals surface area contributed by atoms with Gasteiger partial charge in [-0.05, 0) is 58.6 Å². The van der Waals surface area contributed by atoms with Gasteiger partial charge in [-0.25, -0.2) is 0 Å². The summed E-state index contributed by atoms with van der Waals surface area (Å²) in [7, 11) is 0. The fourth-order valence-corrected chi connectivity index (χ4v) is 5.34. The van der Waals surface area contributed by atoms with Gasteiger partial charge in [0.2, 0.25) is 0 Å². The fraction of sp³-hybridized carbons (Fsp3) is 0.333. The predicted molar refractivity (Wildman–Crippen MR) is 135 cm³/mol. The monoisotopic (exact) mass is 436 g/mol. The van der Waals surface area contributed by atoms with Crippen molar-refractivity contribution in [2.24, 2.45) is 0 Å². The molecule has 0 fully saturated rings. The van der Waals surface area contributed by atoms with Crippen LogP contribution in [0.2, 0.25) is 0 Å². The Morgan fingerprint density at radius 3 is 2.52 bits per heavy atom. The van der Waals surface area contributed by atoms with E-state index in [1.807, 2.05) is 0 Å². The van der Waals surface area contributed by atoms with Crippen molar-refractivity contribution in [1.82, 2.24) is 9.78 Å². The van der Waals surface area contributed by atoms with Gasteiger partial charge in [0.15, 0.2) is 6.29 Å². The van der Waals surface area contributed by atoms with Crippen molar-refractivity contribution in [2.75, 3.05) is 0 Å². The SMILES string of the molecule is CC(C)(C)c1ccc(CC2CCCc3c(C=O)nn(Cc4cccc5ccccc45)c32)cc1. The Balaban J connectivity index is 1.50. The van der Waals surface area contributed by atoms with Crippen LogP contribution in [0, 0.1) is 0 Å². The van der Waals surface area contributed by atoms with Crippen LogP contribution in [0.5, 0.6) is 0 Å². The number of aldehydes is 1. The summed E-state index contributed by atoms with van der Waals surface area (Å²) >= 11 is 0. The minimum absolute atomic E-state index is 0.159. The first-order valence-corrected chi connectivity index (χ1v) is 12.0. The average molecular weight is 437 g/mol. The van der Waals surface area contributed by atoms with Crippen LogP contribution in [-0.4, -0.2) is 16.1 Å². The van der Waals surface area contributed by atoms with Crippen LogP contribution in [0.3, 0.4) is 0 Å². The summed E-state index contributed by atoms with van der Waals surface area (Å²) in [6.07, 6.45) is 5.11. The van der Waals surface area contributed by atoms with Crippen LogP contribution in [-0.2, 0) is 24.8 Å². The molecule has 33 heavy (non-hydrogen) atoms. The molecule has 1 aliphatic carbocycles. The van der Waals surface area contributed by atoms with Gasteiger partial charge in [0.25, 0.3) is 0 Å². The molecule has 0 bridgehead atoms. The van der Waals surface area contributed by atoms with Crippen LogP contribution in [0.4, 0.5) is 0 Å². The molecule has 5 rings (SSSR count). The highest BCUT2D eigenvalue weighted by Gasteiger charge is 2.29. The van der Waals surface area contributed by atoms with Gasteiger partial charge in [0.05, 0.1) is 6.54 Å². The Labute approximate surface area is 196 Å². The Hall–Kier alpha value is -3.20. The van der Waals surface area contributed by atoms with E-state index in [1.165, 1.54) is 33.2 Å². The normalized spacial score (nSPS) is 16.0. The van der Waals surface area contributed by atoms with E-state index in [0.29, 0.717) is 18.2 Å². The lowest BCUT2D eigenvalue weighted by Gasteiger charge is -2.25. The molecule has 4 aromatic rings. The smallest absolute Gasteiger partial charge is 0.170 e. The second-order valence-corrected chi connectivity index (χ2v) is 10.4. The maximum absolute atomic E-state index is 11.9. The van der Waals surface area contributed by atoms with E-state index in [4.69, 9.17) is 5.10 Å². The molecule has 1 aromatic heterocycles. The van der Waals surface area contributed by atoms with Gasteiger partial charge >= 0.3 is 0 Å². The zero-order valence-corrected chi connectivity index (χ0v) is 19.8. The van der Waals surface area contributed by atoms with Crippen LogP contribution >= 0.6 is 0 Å². The van der Waals surface area contributed by atoms with Crippen molar-refractivity contribution < 1.29 is 4.79 Å². The third-order valence-electron chi connectivity index (χ3n) is 7.10. The Morgan fingerprint density at radius 1 is 1.00 bits per heavy atom. The molecule has 0 aliphatic heterocycles. The van der Waals surface area contributed by atoms with E-state index in [2.05, 4.69) is 92.2 Å². The molecule has 0 spiro atoms. The van der Waals surface area contributed by atoms with Gasteiger partial charge in [-0.15, -0.1) is 0 Å². The highest BCUT2D eigenvalue weighted by atomic mass is 16.1. The minimum Gasteiger partial charge on any atom is -0.296 e. The molecule has 1 atom stereocenters. The fourth-order valence-electron chi connectivity index (χ4n) is 5.34. The zero-order valence-electron chi connectivity index (χ0n) is 19.8. The second-order valence-electron chi connectivity index (χ2n) is 10.4. The maximum Gasteiger partial charge on any atom is 0.170 e. The molecular formula is C30H32N2O. The van der Waals surface area contributed by atoms with Crippen molar-refractivity contribution in [3.63, 3.8) is 0 Å². The molecule has 168 valence electrons.